The number of hydrogen-bond donors (Lipinski definition) is 4. The predicted octanol–water partition coefficient (Wildman–Crippen LogP) is 5.30. The van der Waals surface area contributed by atoms with E-state index < -0.39 is 30.0 Å². The molecular formula is C26H22N4Na2O8S2. The third-order valence-corrected chi connectivity index (χ3v) is 7.07. The van der Waals surface area contributed by atoms with E-state index in [1.165, 1.54) is 84.9 Å². The quantitative estimate of drug-likeness (QED) is 0.0872. The van der Waals surface area contributed by atoms with Gasteiger partial charge in [-0.3, -0.25) is 9.11 Å². The van der Waals surface area contributed by atoms with E-state index in [4.69, 9.17) is 0 Å². The summed E-state index contributed by atoms with van der Waals surface area (Å²) in [7, 11) is -9.45. The number of phenolic OH excluding ortho intramolecular Hbond substituents is 2. The zero-order valence-corrected chi connectivity index (χ0v) is 21.9. The fraction of sp³-hybridized carbons (Fsp3) is 0. The Bertz CT molecular complexity index is 1730. The number of azo groups is 2. The molecule has 0 radical (unpaired) electrons. The Morgan fingerprint density at radius 3 is 1.07 bits per heavy atom. The van der Waals surface area contributed by atoms with Crippen LogP contribution in [0.15, 0.2) is 115 Å². The molecule has 0 aliphatic carbocycles. The van der Waals surface area contributed by atoms with Gasteiger partial charge in [-0.15, -0.1) is 0 Å². The van der Waals surface area contributed by atoms with E-state index >= 15 is 0 Å². The Balaban J connectivity index is 0.00000308. The average Bonchev–Trinajstić information content (AvgIpc) is 2.90. The number of phenols is 2. The molecule has 0 aliphatic heterocycles. The van der Waals surface area contributed by atoms with Crippen molar-refractivity contribution in [1.82, 2.24) is 0 Å². The van der Waals surface area contributed by atoms with Crippen LogP contribution in [0.25, 0.3) is 12.2 Å². The van der Waals surface area contributed by atoms with Gasteiger partial charge in [-0.25, -0.2) is 0 Å². The Labute approximate surface area is 285 Å². The van der Waals surface area contributed by atoms with Crippen molar-refractivity contribution in [3.8, 4) is 11.5 Å². The van der Waals surface area contributed by atoms with Crippen LogP contribution in [0, 0.1) is 0 Å². The van der Waals surface area contributed by atoms with Crippen molar-refractivity contribution in [2.24, 2.45) is 20.5 Å². The molecule has 0 fully saturated rings. The second kappa shape index (κ2) is 15.1. The van der Waals surface area contributed by atoms with Crippen molar-refractivity contribution in [1.29, 1.82) is 0 Å². The first kappa shape index (κ1) is 35.4. The third kappa shape index (κ3) is 9.91. The first-order chi connectivity index (χ1) is 18.9. The van der Waals surface area contributed by atoms with Crippen LogP contribution in [0.2, 0.25) is 0 Å². The predicted molar refractivity (Wildman–Crippen MR) is 160 cm³/mol. The molecule has 0 saturated heterocycles. The summed E-state index contributed by atoms with van der Waals surface area (Å²) in [4.78, 5) is -1.03. The molecule has 4 aromatic carbocycles. The zero-order valence-electron chi connectivity index (χ0n) is 20.3. The van der Waals surface area contributed by atoms with Crippen molar-refractivity contribution in [2.45, 2.75) is 9.79 Å². The normalized spacial score (nSPS) is 12.0. The second-order valence-corrected chi connectivity index (χ2v) is 10.9. The van der Waals surface area contributed by atoms with E-state index in [1.807, 2.05) is 0 Å². The van der Waals surface area contributed by atoms with Crippen LogP contribution in [-0.4, -0.2) is 95.3 Å². The minimum atomic E-state index is -4.73. The van der Waals surface area contributed by atoms with E-state index in [-0.39, 0.29) is 93.1 Å². The van der Waals surface area contributed by atoms with Crippen LogP contribution in [0.3, 0.4) is 0 Å². The summed E-state index contributed by atoms with van der Waals surface area (Å²) in [6, 6.07) is 19.2. The fourth-order valence-corrected chi connectivity index (χ4v) is 4.75. The number of aromatic hydroxyl groups is 2. The van der Waals surface area contributed by atoms with E-state index in [1.54, 1.807) is 0 Å². The number of rotatable bonds is 8. The average molecular weight is 629 g/mol. The molecule has 4 N–H and O–H groups in total. The van der Waals surface area contributed by atoms with Gasteiger partial charge in [-0.1, -0.05) is 24.3 Å². The summed E-state index contributed by atoms with van der Waals surface area (Å²) in [5.41, 5.74) is 0.976. The van der Waals surface area contributed by atoms with Crippen molar-refractivity contribution < 1.29 is 36.2 Å². The third-order valence-electron chi connectivity index (χ3n) is 5.25. The number of benzene rings is 4. The molecule has 4 rings (SSSR count). The SMILES string of the molecule is O=S(=O)(O)c1cc(/N=N/c2ccc(O)cc2)ccc1/C=C/c1ccc(/N=N/c2ccc(O)cc2)cc1S(=O)(=O)O.[NaH].[NaH]. The Morgan fingerprint density at radius 2 is 0.762 bits per heavy atom. The topological polar surface area (TPSA) is 199 Å². The second-order valence-electron chi connectivity index (χ2n) is 8.16. The summed E-state index contributed by atoms with van der Waals surface area (Å²) in [6.45, 7) is 0. The zero-order chi connectivity index (χ0) is 28.9. The Hall–Kier alpha value is -2.76. The summed E-state index contributed by atoms with van der Waals surface area (Å²) in [5, 5.41) is 34.5. The summed E-state index contributed by atoms with van der Waals surface area (Å²) >= 11 is 0. The molecule has 0 atom stereocenters. The van der Waals surface area contributed by atoms with Crippen LogP contribution in [0.5, 0.6) is 11.5 Å². The van der Waals surface area contributed by atoms with Crippen molar-refractivity contribution in [3.05, 3.63) is 96.1 Å². The molecular weight excluding hydrogens is 606 g/mol. The van der Waals surface area contributed by atoms with Gasteiger partial charge >= 0.3 is 59.1 Å². The molecule has 16 heteroatoms. The molecule has 0 unspecified atom stereocenters. The van der Waals surface area contributed by atoms with E-state index in [0.29, 0.717) is 11.4 Å². The standard InChI is InChI=1S/C26H20N4O8S2.2Na.2H/c31-23-11-7-19(8-12-23)27-29-21-5-3-17(25(15-21)39(33,34)35)1-2-18-4-6-22(16-26(18)40(36,37)38)30-28-20-9-13-24(32)14-10-20;;;;/h1-16,31-32H,(H,33,34,35)(H,36,37,38);;;;/b2-1+,29-27+,30-28+;;;;. The van der Waals surface area contributed by atoms with Gasteiger partial charge in [-0.2, -0.15) is 37.3 Å². The molecule has 0 aromatic heterocycles. The van der Waals surface area contributed by atoms with E-state index in [0.717, 1.165) is 12.1 Å². The van der Waals surface area contributed by atoms with Crippen molar-refractivity contribution in [3.63, 3.8) is 0 Å². The van der Waals surface area contributed by atoms with Gasteiger partial charge in [0.05, 0.1) is 22.7 Å². The van der Waals surface area contributed by atoms with E-state index in [2.05, 4.69) is 20.5 Å². The van der Waals surface area contributed by atoms with Crippen LogP contribution >= 0.6 is 0 Å². The van der Waals surface area contributed by atoms with Gasteiger partial charge in [0.2, 0.25) is 0 Å². The minimum absolute atomic E-state index is 0. The molecule has 0 heterocycles. The summed E-state index contributed by atoms with van der Waals surface area (Å²) in [5.74, 6) is 0.0723. The Kier molecular flexibility index (Phi) is 12.7. The molecule has 12 nitrogen and oxygen atoms in total. The first-order valence-electron chi connectivity index (χ1n) is 11.2. The van der Waals surface area contributed by atoms with Gasteiger partial charge in [0.1, 0.15) is 21.3 Å². The van der Waals surface area contributed by atoms with Gasteiger partial charge in [0, 0.05) is 0 Å². The van der Waals surface area contributed by atoms with Crippen LogP contribution in [0.4, 0.5) is 22.7 Å². The first-order valence-corrected chi connectivity index (χ1v) is 14.1. The fourth-order valence-electron chi connectivity index (χ4n) is 3.34. The van der Waals surface area contributed by atoms with Gasteiger partial charge in [0.15, 0.2) is 0 Å². The molecule has 42 heavy (non-hydrogen) atoms. The van der Waals surface area contributed by atoms with Crippen LogP contribution in [-0.2, 0) is 20.2 Å². The summed E-state index contributed by atoms with van der Waals surface area (Å²) < 4.78 is 67.7. The maximum absolute atomic E-state index is 12.1. The monoisotopic (exact) mass is 628 g/mol. The molecule has 0 saturated carbocycles. The molecule has 4 aromatic rings. The summed E-state index contributed by atoms with van der Waals surface area (Å²) in [6.07, 6.45) is 2.48. The van der Waals surface area contributed by atoms with Crippen LogP contribution < -0.4 is 0 Å². The molecule has 0 bridgehead atoms. The van der Waals surface area contributed by atoms with Crippen molar-refractivity contribution in [2.75, 3.05) is 0 Å². The number of hydrogen-bond acceptors (Lipinski definition) is 10. The van der Waals surface area contributed by atoms with Crippen molar-refractivity contribution >= 4 is 114 Å². The van der Waals surface area contributed by atoms with E-state index in [9.17, 15) is 36.2 Å². The van der Waals surface area contributed by atoms with Crippen LogP contribution in [0.1, 0.15) is 11.1 Å². The van der Waals surface area contributed by atoms with Gasteiger partial charge < -0.3 is 10.2 Å². The molecule has 0 amide bonds. The molecule has 0 aliphatic rings. The van der Waals surface area contributed by atoms with Gasteiger partial charge in [-0.05, 0) is 83.9 Å². The van der Waals surface area contributed by atoms with Gasteiger partial charge in [0.25, 0.3) is 20.2 Å². The molecule has 0 spiro atoms. The maximum atomic E-state index is 12.1. The molecule has 208 valence electrons. The number of nitrogens with zero attached hydrogens (tertiary/aromatic N) is 4. The Morgan fingerprint density at radius 1 is 0.476 bits per heavy atom.